The molecule has 202 valence electrons. The third-order valence-electron chi connectivity index (χ3n) is 6.68. The van der Waals surface area contributed by atoms with Gasteiger partial charge < -0.3 is 9.84 Å². The lowest BCUT2D eigenvalue weighted by atomic mass is 9.99. The zero-order valence-electron chi connectivity index (χ0n) is 21.6. The highest BCUT2D eigenvalue weighted by molar-refractivity contribution is 7.22. The van der Waals surface area contributed by atoms with Crippen LogP contribution in [0.1, 0.15) is 36.5 Å². The van der Waals surface area contributed by atoms with Gasteiger partial charge in [0.2, 0.25) is 0 Å². The maximum atomic E-state index is 12.4. The van der Waals surface area contributed by atoms with Crippen LogP contribution in [0, 0.1) is 5.92 Å². The Morgan fingerprint density at radius 2 is 2.03 bits per heavy atom. The summed E-state index contributed by atoms with van der Waals surface area (Å²) in [6, 6.07) is 18.0. The van der Waals surface area contributed by atoms with Crippen LogP contribution >= 0.6 is 22.9 Å². The van der Waals surface area contributed by atoms with E-state index in [0.29, 0.717) is 21.5 Å². The molecule has 3 aromatic carbocycles. The summed E-state index contributed by atoms with van der Waals surface area (Å²) in [5.41, 5.74) is 5.78. The van der Waals surface area contributed by atoms with E-state index in [-0.39, 0.29) is 12.4 Å². The van der Waals surface area contributed by atoms with E-state index in [1.807, 2.05) is 24.3 Å². The number of fused-ring (bicyclic) bond motifs is 1. The number of aromatic hydroxyl groups is 1. The average Bonchev–Trinajstić information content (AvgIpc) is 3.32. The number of ether oxygens (including phenoxy) is 1. The number of piperidine rings is 1. The molecular weight excluding hydrogens is 534 g/mol. The number of anilines is 1. The fourth-order valence-electron chi connectivity index (χ4n) is 4.38. The van der Waals surface area contributed by atoms with Crippen molar-refractivity contribution in [3.05, 3.63) is 82.4 Å². The zero-order valence-corrected chi connectivity index (χ0v) is 23.1. The van der Waals surface area contributed by atoms with E-state index in [9.17, 15) is 9.90 Å². The summed E-state index contributed by atoms with van der Waals surface area (Å²) < 4.78 is 6.74. The molecular formula is C29H30ClN5O3S. The van der Waals surface area contributed by atoms with Gasteiger partial charge in [-0.2, -0.15) is 5.10 Å². The fourth-order valence-corrected chi connectivity index (χ4v) is 5.50. The highest BCUT2D eigenvalue weighted by atomic mass is 35.5. The second-order valence-electron chi connectivity index (χ2n) is 9.70. The van der Waals surface area contributed by atoms with E-state index >= 15 is 0 Å². The number of thiazole rings is 1. The first-order valence-electron chi connectivity index (χ1n) is 12.8. The van der Waals surface area contributed by atoms with Gasteiger partial charge in [0.15, 0.2) is 5.13 Å². The first kappa shape index (κ1) is 26.9. The van der Waals surface area contributed by atoms with Gasteiger partial charge >= 0.3 is 6.03 Å². The van der Waals surface area contributed by atoms with Crippen molar-refractivity contribution in [2.24, 2.45) is 11.0 Å². The zero-order chi connectivity index (χ0) is 27.2. The van der Waals surface area contributed by atoms with Gasteiger partial charge in [0.1, 0.15) is 18.1 Å². The highest BCUT2D eigenvalue weighted by Gasteiger charge is 2.16. The average molecular weight is 564 g/mol. The SMILES string of the molecule is CC1CCN(Cc2ccc3nc(NC(=O)N/N=C/c4ccc(OCc5ccccc5Cl)cc4O)sc3c2)CC1. The number of nitrogens with one attached hydrogen (secondary N) is 2. The van der Waals surface area contributed by atoms with Gasteiger partial charge in [-0.25, -0.2) is 15.2 Å². The number of hydrogen-bond donors (Lipinski definition) is 3. The smallest absolute Gasteiger partial charge is 0.341 e. The van der Waals surface area contributed by atoms with Gasteiger partial charge in [-0.3, -0.25) is 10.2 Å². The largest absolute Gasteiger partial charge is 0.507 e. The maximum Gasteiger partial charge on any atom is 0.341 e. The molecule has 0 saturated carbocycles. The number of nitrogens with zero attached hydrogens (tertiary/aromatic N) is 3. The highest BCUT2D eigenvalue weighted by Crippen LogP contribution is 2.28. The number of rotatable bonds is 8. The Hall–Kier alpha value is -3.66. The first-order valence-corrected chi connectivity index (χ1v) is 14.0. The van der Waals surface area contributed by atoms with Crippen molar-refractivity contribution in [2.75, 3.05) is 18.4 Å². The van der Waals surface area contributed by atoms with Crippen LogP contribution in [0.5, 0.6) is 11.5 Å². The van der Waals surface area contributed by atoms with Crippen LogP contribution in [-0.2, 0) is 13.2 Å². The Morgan fingerprint density at radius 1 is 1.21 bits per heavy atom. The van der Waals surface area contributed by atoms with Crippen LogP contribution in [0.3, 0.4) is 0 Å². The van der Waals surface area contributed by atoms with Crippen LogP contribution in [0.25, 0.3) is 10.2 Å². The van der Waals surface area contributed by atoms with E-state index < -0.39 is 6.03 Å². The van der Waals surface area contributed by atoms with Crippen molar-refractivity contribution < 1.29 is 14.6 Å². The van der Waals surface area contributed by atoms with Crippen molar-refractivity contribution in [3.8, 4) is 11.5 Å². The molecule has 1 aliphatic heterocycles. The Labute approximate surface area is 236 Å². The molecule has 1 aliphatic rings. The van der Waals surface area contributed by atoms with Crippen LogP contribution in [0.15, 0.2) is 65.8 Å². The number of hydrogen-bond acceptors (Lipinski definition) is 7. The van der Waals surface area contributed by atoms with E-state index in [4.69, 9.17) is 16.3 Å². The lowest BCUT2D eigenvalue weighted by Crippen LogP contribution is -2.32. The summed E-state index contributed by atoms with van der Waals surface area (Å²) in [7, 11) is 0. The molecule has 2 heterocycles. The Bertz CT molecular complexity index is 1480. The van der Waals surface area contributed by atoms with Crippen molar-refractivity contribution in [1.29, 1.82) is 0 Å². The second kappa shape index (κ2) is 12.5. The summed E-state index contributed by atoms with van der Waals surface area (Å²) in [6.45, 7) is 5.79. The minimum Gasteiger partial charge on any atom is -0.507 e. The minimum absolute atomic E-state index is 0.0290. The number of phenols is 1. The number of phenolic OH excluding ortho intramolecular Hbond substituents is 1. The summed E-state index contributed by atoms with van der Waals surface area (Å²) in [4.78, 5) is 19.3. The van der Waals surface area contributed by atoms with Gasteiger partial charge in [0, 0.05) is 28.8 Å². The molecule has 0 radical (unpaired) electrons. The molecule has 0 atom stereocenters. The van der Waals surface area contributed by atoms with Crippen LogP contribution in [-0.4, -0.2) is 40.3 Å². The van der Waals surface area contributed by atoms with E-state index in [1.54, 1.807) is 18.2 Å². The third-order valence-corrected chi connectivity index (χ3v) is 7.98. The standard InChI is InChI=1S/C29H30ClN5O3S/c1-19-10-12-35(13-11-19)17-20-6-9-25-27(14-20)39-29(32-25)33-28(37)34-31-16-21-7-8-23(15-26(21)36)38-18-22-4-2-3-5-24(22)30/h2-9,14-16,19,36H,10-13,17-18H2,1H3,(H2,32,33,34,37)/b31-16+. The molecule has 0 unspecified atom stereocenters. The van der Waals surface area contributed by atoms with Gasteiger partial charge in [-0.05, 0) is 67.7 Å². The van der Waals surface area contributed by atoms with E-state index in [1.165, 1.54) is 42.0 Å². The minimum atomic E-state index is -0.521. The maximum absolute atomic E-state index is 12.4. The molecule has 39 heavy (non-hydrogen) atoms. The topological polar surface area (TPSA) is 99.1 Å². The predicted molar refractivity (Wildman–Crippen MR) is 157 cm³/mol. The van der Waals surface area contributed by atoms with Crippen LogP contribution in [0.2, 0.25) is 5.02 Å². The lowest BCUT2D eigenvalue weighted by Gasteiger charge is -2.30. The van der Waals surface area contributed by atoms with Crippen molar-refractivity contribution >= 4 is 50.5 Å². The molecule has 0 bridgehead atoms. The number of hydrazone groups is 1. The summed E-state index contributed by atoms with van der Waals surface area (Å²) >= 11 is 7.58. The first-order chi connectivity index (χ1) is 18.9. The van der Waals surface area contributed by atoms with E-state index in [2.05, 4.69) is 44.8 Å². The fraction of sp³-hybridized carbons (Fsp3) is 0.276. The number of carbonyl (C=O) groups is 1. The van der Waals surface area contributed by atoms with Gasteiger partial charge in [0.05, 0.1) is 16.4 Å². The molecule has 1 saturated heterocycles. The number of aromatic nitrogens is 1. The molecule has 2 amide bonds. The molecule has 0 aliphatic carbocycles. The summed E-state index contributed by atoms with van der Waals surface area (Å²) in [5.74, 6) is 1.27. The molecule has 5 rings (SSSR count). The van der Waals surface area contributed by atoms with Crippen molar-refractivity contribution in [1.82, 2.24) is 15.3 Å². The van der Waals surface area contributed by atoms with Crippen molar-refractivity contribution in [3.63, 3.8) is 0 Å². The van der Waals surface area contributed by atoms with Gasteiger partial charge in [-0.15, -0.1) is 0 Å². The summed E-state index contributed by atoms with van der Waals surface area (Å²) in [6.07, 6.45) is 3.86. The normalized spacial score (nSPS) is 14.6. The number of halogens is 1. The Balaban J connectivity index is 1.12. The monoisotopic (exact) mass is 563 g/mol. The predicted octanol–water partition coefficient (Wildman–Crippen LogP) is 6.62. The van der Waals surface area contributed by atoms with Crippen molar-refractivity contribution in [2.45, 2.75) is 32.9 Å². The number of likely N-dealkylation sites (tertiary alicyclic amines) is 1. The molecule has 4 aromatic rings. The number of carbonyl (C=O) groups excluding carboxylic acids is 1. The summed E-state index contributed by atoms with van der Waals surface area (Å²) in [5, 5.41) is 18.1. The van der Waals surface area contributed by atoms with Gasteiger partial charge in [0.25, 0.3) is 0 Å². The molecule has 8 nitrogen and oxygen atoms in total. The lowest BCUT2D eigenvalue weighted by molar-refractivity contribution is 0.185. The Morgan fingerprint density at radius 3 is 2.82 bits per heavy atom. The Kier molecular flexibility index (Phi) is 8.61. The molecule has 1 fully saturated rings. The van der Waals surface area contributed by atoms with E-state index in [0.717, 1.165) is 41.3 Å². The van der Waals surface area contributed by atoms with Crippen LogP contribution < -0.4 is 15.5 Å². The number of amides is 2. The quantitative estimate of drug-likeness (QED) is 0.165. The van der Waals surface area contributed by atoms with Gasteiger partial charge in [-0.1, -0.05) is 54.1 Å². The second-order valence-corrected chi connectivity index (χ2v) is 11.1. The number of benzene rings is 3. The van der Waals surface area contributed by atoms with Crippen LogP contribution in [0.4, 0.5) is 9.93 Å². The molecule has 1 aromatic heterocycles. The molecule has 0 spiro atoms. The number of urea groups is 1. The third kappa shape index (κ3) is 7.26. The molecule has 3 N–H and O–H groups in total. The molecule has 10 heteroatoms.